The Morgan fingerprint density at radius 1 is 1.15 bits per heavy atom. The van der Waals surface area contributed by atoms with Crippen LogP contribution in [0.1, 0.15) is 18.5 Å². The second-order valence-electron chi connectivity index (χ2n) is 5.36. The molecule has 9 heteroatoms. The third-order valence-corrected chi connectivity index (χ3v) is 3.26. The highest BCUT2D eigenvalue weighted by Crippen LogP contribution is 2.33. The molecule has 0 aliphatic rings. The number of nitrogens with one attached hydrogen (secondary N) is 2. The number of aromatic nitrogens is 2. The van der Waals surface area contributed by atoms with Crippen LogP contribution in [0.15, 0.2) is 30.3 Å². The maximum Gasteiger partial charge on any atom is 0.319 e. The number of methoxy groups -OCH3 is 1. The number of ether oxygens (including phenoxy) is 2. The van der Waals surface area contributed by atoms with Crippen molar-refractivity contribution < 1.29 is 24.2 Å². The summed E-state index contributed by atoms with van der Waals surface area (Å²) in [6, 6.07) is 7.90. The number of rotatable bonds is 8. The molecule has 0 radical (unpaired) electrons. The lowest BCUT2D eigenvalue weighted by Gasteiger charge is -2.12. The van der Waals surface area contributed by atoms with Crippen molar-refractivity contribution in [2.75, 3.05) is 19.0 Å². The summed E-state index contributed by atoms with van der Waals surface area (Å²) in [5.41, 5.74) is 1.25. The monoisotopic (exact) mass is 360 g/mol. The Labute approximate surface area is 150 Å². The minimum atomic E-state index is -0.900. The van der Waals surface area contributed by atoms with Gasteiger partial charge in [-0.3, -0.25) is 4.79 Å². The van der Waals surface area contributed by atoms with E-state index in [1.807, 2.05) is 6.92 Å². The molecule has 2 rings (SSSR count). The van der Waals surface area contributed by atoms with Crippen molar-refractivity contribution >= 4 is 17.7 Å². The van der Waals surface area contributed by atoms with Crippen molar-refractivity contribution in [3.63, 3.8) is 0 Å². The van der Waals surface area contributed by atoms with E-state index < -0.39 is 12.0 Å². The minimum Gasteiger partial charge on any atom is -0.493 e. The third kappa shape index (κ3) is 5.93. The molecule has 0 spiro atoms. The van der Waals surface area contributed by atoms with Crippen LogP contribution < -0.4 is 20.1 Å². The molecule has 1 heterocycles. The minimum absolute atomic E-state index is 0.00160. The van der Waals surface area contributed by atoms with Crippen molar-refractivity contribution in [2.45, 2.75) is 19.8 Å². The number of carboxylic acids is 1. The molecule has 0 aliphatic carbocycles. The van der Waals surface area contributed by atoms with Gasteiger partial charge in [0.2, 0.25) is 5.88 Å². The summed E-state index contributed by atoms with van der Waals surface area (Å²) in [5.74, 6) is 0.238. The van der Waals surface area contributed by atoms with Gasteiger partial charge in [0.1, 0.15) is 0 Å². The van der Waals surface area contributed by atoms with Crippen molar-refractivity contribution in [3.8, 4) is 17.4 Å². The molecule has 138 valence electrons. The quantitative estimate of drug-likeness (QED) is 0.618. The maximum absolute atomic E-state index is 11.9. The van der Waals surface area contributed by atoms with E-state index in [4.69, 9.17) is 14.6 Å². The van der Waals surface area contributed by atoms with Gasteiger partial charge in [0, 0.05) is 30.8 Å². The number of benzene rings is 1. The topological polar surface area (TPSA) is 123 Å². The lowest BCUT2D eigenvalue weighted by Crippen LogP contribution is -2.29. The molecule has 2 aromatic rings. The molecular weight excluding hydrogens is 340 g/mol. The summed E-state index contributed by atoms with van der Waals surface area (Å²) in [6.45, 7) is 2.08. The second kappa shape index (κ2) is 9.21. The van der Waals surface area contributed by atoms with Gasteiger partial charge in [-0.1, -0.05) is 0 Å². The number of hydrogen-bond donors (Lipinski definition) is 3. The standard InChI is InChI=1S/C17H20N4O5/c1-11-5-8-15(21-20-11)26-14-10-12(6-7-13(14)25-2)19-17(24)18-9-3-4-16(22)23/h5-8,10H,3-4,9H2,1-2H3,(H,22,23)(H2,18,19,24). The third-order valence-electron chi connectivity index (χ3n) is 3.26. The van der Waals surface area contributed by atoms with Crippen LogP contribution in [0.5, 0.6) is 17.4 Å². The highest BCUT2D eigenvalue weighted by atomic mass is 16.5. The number of carbonyl (C=O) groups is 2. The molecule has 0 bridgehead atoms. The van der Waals surface area contributed by atoms with Crippen molar-refractivity contribution in [2.24, 2.45) is 0 Å². The van der Waals surface area contributed by atoms with Crippen LogP contribution in [-0.4, -0.2) is 41.0 Å². The largest absolute Gasteiger partial charge is 0.493 e. The van der Waals surface area contributed by atoms with Crippen LogP contribution in [0.4, 0.5) is 10.5 Å². The number of carbonyl (C=O) groups excluding carboxylic acids is 1. The zero-order chi connectivity index (χ0) is 18.9. The molecule has 3 N–H and O–H groups in total. The molecule has 1 aromatic carbocycles. The lowest BCUT2D eigenvalue weighted by molar-refractivity contribution is -0.137. The Morgan fingerprint density at radius 2 is 1.96 bits per heavy atom. The van der Waals surface area contributed by atoms with Crippen molar-refractivity contribution in [1.29, 1.82) is 0 Å². The predicted molar refractivity (Wildman–Crippen MR) is 93.7 cm³/mol. The lowest BCUT2D eigenvalue weighted by atomic mass is 10.2. The van der Waals surface area contributed by atoms with Crippen LogP contribution in [0.3, 0.4) is 0 Å². The van der Waals surface area contributed by atoms with E-state index in [1.165, 1.54) is 7.11 Å². The van der Waals surface area contributed by atoms with Crippen LogP contribution in [-0.2, 0) is 4.79 Å². The maximum atomic E-state index is 11.9. The molecular formula is C17H20N4O5. The van der Waals surface area contributed by atoms with Gasteiger partial charge in [0.05, 0.1) is 12.8 Å². The van der Waals surface area contributed by atoms with Gasteiger partial charge in [-0.25, -0.2) is 4.79 Å². The molecule has 0 atom stereocenters. The summed E-state index contributed by atoms with van der Waals surface area (Å²) in [4.78, 5) is 22.3. The zero-order valence-corrected chi connectivity index (χ0v) is 14.5. The van der Waals surface area contributed by atoms with Crippen LogP contribution in [0.25, 0.3) is 0 Å². The number of hydrogen-bond acceptors (Lipinski definition) is 6. The van der Waals surface area contributed by atoms with Gasteiger partial charge in [-0.15, -0.1) is 5.10 Å². The molecule has 0 saturated heterocycles. The fourth-order valence-electron chi connectivity index (χ4n) is 2.00. The van der Waals surface area contributed by atoms with Crippen molar-refractivity contribution in [3.05, 3.63) is 36.0 Å². The van der Waals surface area contributed by atoms with E-state index in [-0.39, 0.29) is 13.0 Å². The first-order valence-corrected chi connectivity index (χ1v) is 7.91. The molecule has 26 heavy (non-hydrogen) atoms. The SMILES string of the molecule is COc1ccc(NC(=O)NCCCC(=O)O)cc1Oc1ccc(C)nn1. The molecule has 0 fully saturated rings. The van der Waals surface area contributed by atoms with E-state index in [1.54, 1.807) is 30.3 Å². The number of anilines is 1. The van der Waals surface area contributed by atoms with E-state index in [2.05, 4.69) is 20.8 Å². The van der Waals surface area contributed by atoms with Crippen LogP contribution in [0, 0.1) is 6.92 Å². The predicted octanol–water partition coefficient (Wildman–Crippen LogP) is 2.57. The van der Waals surface area contributed by atoms with Gasteiger partial charge < -0.3 is 25.2 Å². The average molecular weight is 360 g/mol. The fourth-order valence-corrected chi connectivity index (χ4v) is 2.00. The molecule has 2 amide bonds. The fraction of sp³-hybridized carbons (Fsp3) is 0.294. The number of aliphatic carboxylic acids is 1. The van der Waals surface area contributed by atoms with Crippen LogP contribution >= 0.6 is 0 Å². The first-order chi connectivity index (χ1) is 12.5. The Kier molecular flexibility index (Phi) is 6.72. The van der Waals surface area contributed by atoms with Crippen molar-refractivity contribution in [1.82, 2.24) is 15.5 Å². The highest BCUT2D eigenvalue weighted by Gasteiger charge is 2.10. The van der Waals surface area contributed by atoms with E-state index >= 15 is 0 Å². The number of amides is 2. The molecule has 0 aliphatic heterocycles. The summed E-state index contributed by atoms with van der Waals surface area (Å²) in [6.07, 6.45) is 0.351. The Morgan fingerprint density at radius 3 is 2.62 bits per heavy atom. The first kappa shape index (κ1) is 19.0. The Hall–Kier alpha value is -3.36. The molecule has 1 aromatic heterocycles. The summed E-state index contributed by atoms with van der Waals surface area (Å²) in [5, 5.41) is 21.6. The molecule has 0 unspecified atom stereocenters. The molecule has 9 nitrogen and oxygen atoms in total. The van der Waals surface area contributed by atoms with E-state index in [0.29, 0.717) is 29.5 Å². The van der Waals surface area contributed by atoms with E-state index in [9.17, 15) is 9.59 Å². The number of carboxylic acid groups (broad SMARTS) is 1. The zero-order valence-electron chi connectivity index (χ0n) is 14.5. The first-order valence-electron chi connectivity index (χ1n) is 7.91. The summed E-state index contributed by atoms with van der Waals surface area (Å²) >= 11 is 0. The average Bonchev–Trinajstić information content (AvgIpc) is 2.61. The normalized spacial score (nSPS) is 10.1. The Balaban J connectivity index is 2.00. The Bertz CT molecular complexity index is 764. The van der Waals surface area contributed by atoms with Gasteiger partial charge in [0.15, 0.2) is 11.5 Å². The van der Waals surface area contributed by atoms with Gasteiger partial charge in [-0.2, -0.15) is 5.10 Å². The second-order valence-corrected chi connectivity index (χ2v) is 5.36. The van der Waals surface area contributed by atoms with Crippen LogP contribution in [0.2, 0.25) is 0 Å². The van der Waals surface area contributed by atoms with Gasteiger partial charge in [0.25, 0.3) is 0 Å². The summed E-state index contributed by atoms with van der Waals surface area (Å²) < 4.78 is 10.9. The van der Waals surface area contributed by atoms with E-state index in [0.717, 1.165) is 5.69 Å². The highest BCUT2D eigenvalue weighted by molar-refractivity contribution is 5.89. The number of nitrogens with zero attached hydrogens (tertiary/aromatic N) is 2. The number of urea groups is 1. The summed E-state index contributed by atoms with van der Waals surface area (Å²) in [7, 11) is 1.51. The molecule has 0 saturated carbocycles. The van der Waals surface area contributed by atoms with Gasteiger partial charge >= 0.3 is 12.0 Å². The number of aryl methyl sites for hydroxylation is 1. The smallest absolute Gasteiger partial charge is 0.319 e. The van der Waals surface area contributed by atoms with Gasteiger partial charge in [-0.05, 0) is 31.5 Å².